The first-order valence-electron chi connectivity index (χ1n) is 19.6. The van der Waals surface area contributed by atoms with Crippen LogP contribution in [0.5, 0.6) is 11.5 Å². The molecule has 0 saturated heterocycles. The summed E-state index contributed by atoms with van der Waals surface area (Å²) in [5.74, 6) is 3.34. The van der Waals surface area contributed by atoms with E-state index in [9.17, 15) is 0 Å². The van der Waals surface area contributed by atoms with Gasteiger partial charge in [0.25, 0.3) is 12.0 Å². The van der Waals surface area contributed by atoms with Crippen LogP contribution in [0.1, 0.15) is 50.4 Å². The lowest BCUT2D eigenvalue weighted by Crippen LogP contribution is -2.58. The van der Waals surface area contributed by atoms with Gasteiger partial charge < -0.3 is 4.74 Å². The predicted molar refractivity (Wildman–Crippen MR) is 227 cm³/mol. The van der Waals surface area contributed by atoms with Crippen LogP contribution in [-0.4, -0.2) is 16.6 Å². The zero-order valence-corrected chi connectivity index (χ0v) is 30.6. The Morgan fingerprint density at radius 2 is 1.23 bits per heavy atom. The first-order chi connectivity index (χ1) is 27.8. The van der Waals surface area contributed by atoms with Crippen molar-refractivity contribution in [2.75, 3.05) is 0 Å². The molecule has 3 atom stereocenters. The summed E-state index contributed by atoms with van der Waals surface area (Å²) in [7, 11) is 0. The molecule has 1 N–H and O–H groups in total. The van der Waals surface area contributed by atoms with Crippen LogP contribution in [0.15, 0.2) is 200 Å². The summed E-state index contributed by atoms with van der Waals surface area (Å²) < 4.78 is 9.11. The molecule has 3 heterocycles. The second-order valence-electron chi connectivity index (χ2n) is 15.5. The third-order valence-electron chi connectivity index (χ3n) is 12.7. The zero-order valence-electron chi connectivity index (χ0n) is 30.6. The summed E-state index contributed by atoms with van der Waals surface area (Å²) >= 11 is 0. The molecule has 56 heavy (non-hydrogen) atoms. The van der Waals surface area contributed by atoms with Gasteiger partial charge in [0.15, 0.2) is 0 Å². The summed E-state index contributed by atoms with van der Waals surface area (Å²) in [5, 5.41) is 6.44. The van der Waals surface area contributed by atoms with Gasteiger partial charge in [-0.25, -0.2) is 5.32 Å². The largest absolute Gasteiger partial charge is 0.457 e. The highest BCUT2D eigenvalue weighted by molar-refractivity contribution is 6.02. The predicted octanol–water partition coefficient (Wildman–Crippen LogP) is 11.5. The van der Waals surface area contributed by atoms with E-state index < -0.39 is 5.41 Å². The van der Waals surface area contributed by atoms with Gasteiger partial charge >= 0.3 is 0 Å². The van der Waals surface area contributed by atoms with E-state index in [-0.39, 0.29) is 18.0 Å². The van der Waals surface area contributed by atoms with Crippen LogP contribution in [-0.2, 0) is 5.41 Å². The lowest BCUT2D eigenvalue weighted by Gasteiger charge is -2.43. The highest BCUT2D eigenvalue weighted by Gasteiger charge is 2.57. The smallest absolute Gasteiger partial charge is 0.289 e. The number of hydrogen-bond acceptors (Lipinski definition) is 2. The molecule has 2 aliphatic carbocycles. The number of rotatable bonds is 4. The van der Waals surface area contributed by atoms with E-state index in [2.05, 4.69) is 210 Å². The number of benzene rings is 7. The lowest BCUT2D eigenvalue weighted by atomic mass is 9.61. The molecule has 3 unspecified atom stereocenters. The van der Waals surface area contributed by atoms with Gasteiger partial charge in [-0.3, -0.25) is 0 Å². The van der Waals surface area contributed by atoms with Crippen LogP contribution in [0.4, 0.5) is 0 Å². The van der Waals surface area contributed by atoms with Crippen molar-refractivity contribution in [2.24, 2.45) is 5.92 Å². The molecule has 0 bridgehead atoms. The number of fused-ring (bicyclic) bond motifs is 12. The minimum absolute atomic E-state index is 0.0680. The van der Waals surface area contributed by atoms with Crippen molar-refractivity contribution >= 4 is 33.3 Å². The summed E-state index contributed by atoms with van der Waals surface area (Å²) in [6, 6.07) is 61.6. The van der Waals surface area contributed by atoms with E-state index in [4.69, 9.17) is 4.74 Å². The van der Waals surface area contributed by atoms with Crippen molar-refractivity contribution in [3.8, 4) is 11.5 Å². The normalized spacial score (nSPS) is 20.6. The molecule has 0 radical (unpaired) electrons. The molecule has 0 aromatic heterocycles. The van der Waals surface area contributed by atoms with Crippen LogP contribution in [0.3, 0.4) is 0 Å². The fourth-order valence-electron chi connectivity index (χ4n) is 10.3. The first kappa shape index (κ1) is 31.4. The van der Waals surface area contributed by atoms with Crippen molar-refractivity contribution in [3.63, 3.8) is 0 Å². The van der Waals surface area contributed by atoms with Gasteiger partial charge in [-0.2, -0.15) is 4.58 Å². The summed E-state index contributed by atoms with van der Waals surface area (Å²) in [4.78, 5) is 0. The molecule has 0 amide bonds. The quantitative estimate of drug-likeness (QED) is 0.183. The summed E-state index contributed by atoms with van der Waals surface area (Å²) in [6.07, 6.45) is 12.1. The van der Waals surface area contributed by atoms with E-state index in [1.165, 1.54) is 72.0 Å². The molecule has 3 heteroatoms. The number of ether oxygens (including phenoxy) is 1. The number of nitrogens with one attached hydrogen (secondary N) is 1. The standard InChI is InChI=1S/C53H36N2O/c1-3-14-34(15-4-1)40-31-44(35-16-5-2-6-17-35)52-54-51(55(52)33-40)39-20-13-19-37(30-39)38-27-28-42-43-29-26-36-18-7-8-21-41(36)50(43)53(47(42)32-38)45-22-9-11-24-48(45)56-49-25-12-10-23-46(49)53/h1-33,42,47,52H/p+1. The maximum absolute atomic E-state index is 6.70. The molecule has 3 aliphatic heterocycles. The Bertz CT molecular complexity index is 2880. The topological polar surface area (TPSA) is 24.3 Å². The Morgan fingerprint density at radius 3 is 2.02 bits per heavy atom. The Labute approximate surface area is 326 Å². The Hall–Kier alpha value is -6.97. The number of para-hydroxylation sites is 2. The molecular weight excluding hydrogens is 681 g/mol. The molecule has 5 aliphatic rings. The maximum Gasteiger partial charge on any atom is 0.289 e. The van der Waals surface area contributed by atoms with Crippen molar-refractivity contribution < 1.29 is 9.31 Å². The average molecular weight is 718 g/mol. The van der Waals surface area contributed by atoms with Crippen LogP contribution in [0.25, 0.3) is 27.5 Å². The van der Waals surface area contributed by atoms with Crippen LogP contribution >= 0.6 is 0 Å². The minimum atomic E-state index is -0.440. The number of amidine groups is 1. The maximum atomic E-state index is 6.70. The molecule has 7 aromatic rings. The molecule has 12 rings (SSSR count). The molecule has 0 saturated carbocycles. The molecule has 7 aromatic carbocycles. The number of nitrogens with zero attached hydrogens (tertiary/aromatic N) is 1. The molecule has 1 spiro atoms. The van der Waals surface area contributed by atoms with Gasteiger partial charge in [0.1, 0.15) is 17.7 Å². The Kier molecular flexibility index (Phi) is 6.73. The van der Waals surface area contributed by atoms with E-state index in [1.807, 2.05) is 0 Å². The van der Waals surface area contributed by atoms with E-state index >= 15 is 0 Å². The third kappa shape index (κ3) is 4.43. The second kappa shape index (κ2) is 12.0. The van der Waals surface area contributed by atoms with Crippen molar-refractivity contribution in [2.45, 2.75) is 17.5 Å². The highest BCUT2D eigenvalue weighted by Crippen LogP contribution is 2.66. The van der Waals surface area contributed by atoms with Crippen LogP contribution in [0, 0.1) is 5.92 Å². The van der Waals surface area contributed by atoms with Crippen LogP contribution in [0.2, 0.25) is 0 Å². The van der Waals surface area contributed by atoms with Crippen molar-refractivity contribution in [1.82, 2.24) is 5.32 Å². The SMILES string of the molecule is C1=CC2c3ccc4ccccc4c3C3(c4ccccc4Oc4ccccc43)C2C=C1c1cccc(C2=[N+]3C=C(c4ccccc4)C=C(c4ccccc4)C3N2)c1. The van der Waals surface area contributed by atoms with Gasteiger partial charge in [0.05, 0.1) is 11.0 Å². The van der Waals surface area contributed by atoms with Crippen molar-refractivity contribution in [3.05, 3.63) is 245 Å². The van der Waals surface area contributed by atoms with Gasteiger partial charge in [-0.15, -0.1) is 0 Å². The average Bonchev–Trinajstić information content (AvgIpc) is 3.55. The Morgan fingerprint density at radius 1 is 0.571 bits per heavy atom. The number of hydrogen-bond donors (Lipinski definition) is 1. The zero-order chi connectivity index (χ0) is 36.8. The fourth-order valence-corrected chi connectivity index (χ4v) is 10.3. The highest BCUT2D eigenvalue weighted by atomic mass is 16.5. The Balaban J connectivity index is 1.02. The van der Waals surface area contributed by atoms with Gasteiger partial charge in [-0.05, 0) is 74.5 Å². The fraction of sp³-hybridized carbons (Fsp3) is 0.0755. The molecular formula is C53H37N2O+. The second-order valence-corrected chi connectivity index (χ2v) is 15.5. The summed E-state index contributed by atoms with van der Waals surface area (Å²) in [5.41, 5.74) is 13.4. The monoisotopic (exact) mass is 717 g/mol. The van der Waals surface area contributed by atoms with Gasteiger partial charge in [0.2, 0.25) is 0 Å². The van der Waals surface area contributed by atoms with E-state index in [0.29, 0.717) is 0 Å². The molecule has 3 nitrogen and oxygen atoms in total. The minimum Gasteiger partial charge on any atom is -0.457 e. The first-order valence-corrected chi connectivity index (χ1v) is 19.6. The van der Waals surface area contributed by atoms with Gasteiger partial charge in [-0.1, -0.05) is 164 Å². The van der Waals surface area contributed by atoms with Crippen molar-refractivity contribution in [1.29, 1.82) is 0 Å². The lowest BCUT2D eigenvalue weighted by molar-refractivity contribution is -0.521. The molecule has 0 fully saturated rings. The number of allylic oxidation sites excluding steroid dienone is 6. The molecule has 264 valence electrons. The van der Waals surface area contributed by atoms with Gasteiger partial charge in [0, 0.05) is 34.1 Å². The van der Waals surface area contributed by atoms with E-state index in [1.54, 1.807) is 0 Å². The third-order valence-corrected chi connectivity index (χ3v) is 12.7. The van der Waals surface area contributed by atoms with Crippen LogP contribution < -0.4 is 10.1 Å². The summed E-state index contributed by atoms with van der Waals surface area (Å²) in [6.45, 7) is 0. The van der Waals surface area contributed by atoms with E-state index in [0.717, 1.165) is 17.3 Å².